The second kappa shape index (κ2) is 7.06. The number of nitrogens with zero attached hydrogens (tertiary/aromatic N) is 2. The quantitative estimate of drug-likeness (QED) is 0.543. The zero-order valence-corrected chi connectivity index (χ0v) is 16.0. The molecule has 0 bridgehead atoms. The molecule has 2 N–H and O–H groups in total. The monoisotopic (exact) mass is 404 g/mol. The van der Waals surface area contributed by atoms with Gasteiger partial charge in [-0.15, -0.1) is 11.3 Å². The van der Waals surface area contributed by atoms with Crippen molar-refractivity contribution in [2.75, 3.05) is 23.4 Å². The van der Waals surface area contributed by atoms with Gasteiger partial charge in [-0.05, 0) is 18.2 Å². The molecule has 1 aliphatic rings. The molecule has 29 heavy (non-hydrogen) atoms. The number of carbonyl (C=O) groups is 2. The molecule has 2 aromatic carbocycles. The van der Waals surface area contributed by atoms with E-state index in [9.17, 15) is 9.59 Å². The number of amides is 2. The predicted molar refractivity (Wildman–Crippen MR) is 112 cm³/mol. The molecule has 7 nitrogen and oxygen atoms in total. The van der Waals surface area contributed by atoms with Gasteiger partial charge in [0.05, 0.1) is 11.4 Å². The Balaban J connectivity index is 1.33. The van der Waals surface area contributed by atoms with Gasteiger partial charge in [-0.1, -0.05) is 30.3 Å². The molecular formula is C21H16N4O3S. The van der Waals surface area contributed by atoms with Gasteiger partial charge in [-0.3, -0.25) is 14.5 Å². The first-order valence-electron chi connectivity index (χ1n) is 9.03. The molecule has 0 radical (unpaired) electrons. The number of rotatable bonds is 4. The molecule has 0 unspecified atom stereocenters. The van der Waals surface area contributed by atoms with E-state index in [0.717, 1.165) is 22.2 Å². The molecule has 0 spiro atoms. The summed E-state index contributed by atoms with van der Waals surface area (Å²) in [6.45, 7) is -0.173. The number of H-pyrrole nitrogens is 1. The van der Waals surface area contributed by atoms with E-state index in [2.05, 4.69) is 15.3 Å². The van der Waals surface area contributed by atoms with E-state index < -0.39 is 0 Å². The van der Waals surface area contributed by atoms with Crippen LogP contribution < -0.4 is 15.0 Å². The van der Waals surface area contributed by atoms with Crippen molar-refractivity contribution in [3.8, 4) is 17.0 Å². The fourth-order valence-electron chi connectivity index (χ4n) is 3.37. The molecule has 8 heteroatoms. The third-order valence-electron chi connectivity index (χ3n) is 4.73. The summed E-state index contributed by atoms with van der Waals surface area (Å²) in [4.78, 5) is 34.0. The van der Waals surface area contributed by atoms with Crippen LogP contribution in [0, 0.1) is 0 Å². The highest BCUT2D eigenvalue weighted by Gasteiger charge is 2.27. The summed E-state index contributed by atoms with van der Waals surface area (Å²) in [5.74, 6) is 0.0307. The molecule has 0 aliphatic carbocycles. The summed E-state index contributed by atoms with van der Waals surface area (Å²) >= 11 is 1.35. The number of nitrogens with one attached hydrogen (secondary N) is 2. The molecule has 2 aromatic heterocycles. The maximum absolute atomic E-state index is 12.6. The van der Waals surface area contributed by atoms with E-state index >= 15 is 0 Å². The Labute approximate surface area is 169 Å². The van der Waals surface area contributed by atoms with Crippen LogP contribution in [0.1, 0.15) is 0 Å². The molecule has 2 amide bonds. The maximum Gasteiger partial charge on any atom is 0.265 e. The topological polar surface area (TPSA) is 87.3 Å². The largest absolute Gasteiger partial charge is 0.482 e. The lowest BCUT2D eigenvalue weighted by molar-refractivity contribution is -0.123. The number of anilines is 2. The molecule has 5 rings (SSSR count). The van der Waals surface area contributed by atoms with Crippen molar-refractivity contribution in [1.82, 2.24) is 9.97 Å². The van der Waals surface area contributed by atoms with E-state index in [1.54, 1.807) is 18.2 Å². The van der Waals surface area contributed by atoms with Crippen LogP contribution >= 0.6 is 11.3 Å². The van der Waals surface area contributed by atoms with Crippen LogP contribution in [0.15, 0.2) is 60.1 Å². The van der Waals surface area contributed by atoms with Gasteiger partial charge in [0.1, 0.15) is 12.3 Å². The molecule has 1 aliphatic heterocycles. The van der Waals surface area contributed by atoms with E-state index in [0.29, 0.717) is 16.6 Å². The summed E-state index contributed by atoms with van der Waals surface area (Å²) in [6.07, 6.45) is 1.91. The molecule has 0 saturated heterocycles. The van der Waals surface area contributed by atoms with Gasteiger partial charge in [-0.2, -0.15) is 0 Å². The van der Waals surface area contributed by atoms with E-state index in [4.69, 9.17) is 4.74 Å². The first kappa shape index (κ1) is 17.4. The van der Waals surface area contributed by atoms with Gasteiger partial charge in [-0.25, -0.2) is 4.98 Å². The summed E-state index contributed by atoms with van der Waals surface area (Å²) in [7, 11) is 0. The van der Waals surface area contributed by atoms with Gasteiger partial charge in [0, 0.05) is 28.0 Å². The maximum atomic E-state index is 12.6. The molecule has 4 aromatic rings. The molecule has 0 fully saturated rings. The normalized spacial score (nSPS) is 13.2. The number of benzene rings is 2. The third kappa shape index (κ3) is 3.23. The van der Waals surface area contributed by atoms with Crippen LogP contribution in [0.2, 0.25) is 0 Å². The first-order chi connectivity index (χ1) is 14.2. The van der Waals surface area contributed by atoms with Gasteiger partial charge in [0.15, 0.2) is 11.7 Å². The van der Waals surface area contributed by atoms with Gasteiger partial charge in [0.25, 0.3) is 5.91 Å². The van der Waals surface area contributed by atoms with E-state index in [-0.39, 0.29) is 25.0 Å². The van der Waals surface area contributed by atoms with Gasteiger partial charge >= 0.3 is 0 Å². The average molecular weight is 404 g/mol. The van der Waals surface area contributed by atoms with Crippen molar-refractivity contribution in [1.29, 1.82) is 0 Å². The lowest BCUT2D eigenvalue weighted by Gasteiger charge is -2.28. The lowest BCUT2D eigenvalue weighted by Crippen LogP contribution is -2.43. The number of hydrogen-bond acceptors (Lipinski definition) is 5. The number of thiazole rings is 1. The molecule has 0 atom stereocenters. The Morgan fingerprint density at radius 2 is 2.03 bits per heavy atom. The van der Waals surface area contributed by atoms with Gasteiger partial charge < -0.3 is 15.0 Å². The van der Waals surface area contributed by atoms with Crippen LogP contribution in [-0.2, 0) is 9.59 Å². The summed E-state index contributed by atoms with van der Waals surface area (Å²) in [5.41, 5.74) is 3.40. The van der Waals surface area contributed by atoms with Crippen molar-refractivity contribution in [3.63, 3.8) is 0 Å². The van der Waals surface area contributed by atoms with Crippen LogP contribution in [0.3, 0.4) is 0 Å². The zero-order valence-electron chi connectivity index (χ0n) is 15.2. The second-order valence-corrected chi connectivity index (χ2v) is 7.43. The molecule has 0 saturated carbocycles. The number of hydrogen-bond donors (Lipinski definition) is 2. The summed E-state index contributed by atoms with van der Waals surface area (Å²) in [5, 5.41) is 6.26. The first-order valence-corrected chi connectivity index (χ1v) is 9.91. The molecule has 144 valence electrons. The van der Waals surface area contributed by atoms with Crippen LogP contribution in [0.25, 0.3) is 22.2 Å². The Bertz CT molecular complexity index is 1230. The van der Waals surface area contributed by atoms with Crippen molar-refractivity contribution < 1.29 is 14.3 Å². The van der Waals surface area contributed by atoms with Crippen molar-refractivity contribution >= 4 is 44.9 Å². The fourth-order valence-corrected chi connectivity index (χ4v) is 4.09. The standard InChI is InChI=1S/C21H16N4O3S/c26-19(10-25-17-7-3-4-8-18(17)28-11-20(25)27)24-21-23-16(12-29-21)14-9-22-15-6-2-1-5-13(14)15/h1-9,12,22H,10-11H2,(H,23,24,26). The van der Waals surface area contributed by atoms with Crippen molar-refractivity contribution in [2.24, 2.45) is 0 Å². The minimum atomic E-state index is -0.310. The Morgan fingerprint density at radius 3 is 2.97 bits per heavy atom. The van der Waals surface area contributed by atoms with Crippen molar-refractivity contribution in [2.45, 2.75) is 0 Å². The fraction of sp³-hybridized carbons (Fsp3) is 0.0952. The number of ether oxygens (including phenoxy) is 1. The Kier molecular flexibility index (Phi) is 4.25. The number of aromatic amines is 1. The van der Waals surface area contributed by atoms with Crippen LogP contribution in [0.5, 0.6) is 5.75 Å². The molecule has 3 heterocycles. The number of para-hydroxylation sites is 3. The highest BCUT2D eigenvalue weighted by Crippen LogP contribution is 2.32. The number of fused-ring (bicyclic) bond motifs is 2. The second-order valence-electron chi connectivity index (χ2n) is 6.57. The summed E-state index contributed by atoms with van der Waals surface area (Å²) in [6, 6.07) is 15.2. The molecular weight excluding hydrogens is 388 g/mol. The third-order valence-corrected chi connectivity index (χ3v) is 5.48. The number of carbonyl (C=O) groups excluding carboxylic acids is 2. The highest BCUT2D eigenvalue weighted by molar-refractivity contribution is 7.14. The predicted octanol–water partition coefficient (Wildman–Crippen LogP) is 3.66. The number of aromatic nitrogens is 2. The van der Waals surface area contributed by atoms with Crippen LogP contribution in [0.4, 0.5) is 10.8 Å². The summed E-state index contributed by atoms with van der Waals surface area (Å²) < 4.78 is 5.41. The van der Waals surface area contributed by atoms with E-state index in [1.807, 2.05) is 41.9 Å². The van der Waals surface area contributed by atoms with Crippen molar-refractivity contribution in [3.05, 3.63) is 60.1 Å². The smallest absolute Gasteiger partial charge is 0.265 e. The lowest BCUT2D eigenvalue weighted by atomic mass is 10.1. The Morgan fingerprint density at radius 1 is 1.21 bits per heavy atom. The van der Waals surface area contributed by atoms with Crippen LogP contribution in [-0.4, -0.2) is 34.9 Å². The SMILES string of the molecule is O=C(CN1C(=O)COc2ccccc21)Nc1nc(-c2c[nH]c3ccccc23)cs1. The minimum absolute atomic E-state index is 0.0771. The minimum Gasteiger partial charge on any atom is -0.482 e. The van der Waals surface area contributed by atoms with Gasteiger partial charge in [0.2, 0.25) is 5.91 Å². The Hall–Kier alpha value is -3.65. The van der Waals surface area contributed by atoms with E-state index in [1.165, 1.54) is 16.2 Å². The zero-order chi connectivity index (χ0) is 19.8. The highest BCUT2D eigenvalue weighted by atomic mass is 32.1. The average Bonchev–Trinajstić information content (AvgIpc) is 3.37.